The molecule has 0 bridgehead atoms. The van der Waals surface area contributed by atoms with Crippen molar-refractivity contribution in [3.8, 4) is 5.69 Å². The number of carbonyl (C=O) groups is 1. The number of nitrogens with one attached hydrogen (secondary N) is 1. The molecule has 1 amide bonds. The highest BCUT2D eigenvalue weighted by Crippen LogP contribution is 2.27. The van der Waals surface area contributed by atoms with Gasteiger partial charge in [-0.1, -0.05) is 78.6 Å². The predicted octanol–water partition coefficient (Wildman–Crippen LogP) is 6.77. The molecule has 156 valence electrons. The number of thioether (sulfide) groups is 1. The Labute approximate surface area is 195 Å². The first kappa shape index (κ1) is 21.5. The number of hydrogen-bond acceptors (Lipinski definition) is 5. The van der Waals surface area contributed by atoms with Crippen molar-refractivity contribution in [3.63, 3.8) is 0 Å². The summed E-state index contributed by atoms with van der Waals surface area (Å²) in [5, 5.41) is 7.66. The van der Waals surface area contributed by atoms with Crippen molar-refractivity contribution in [2.45, 2.75) is 23.4 Å². The van der Waals surface area contributed by atoms with E-state index in [0.29, 0.717) is 9.52 Å². The zero-order valence-corrected chi connectivity index (χ0v) is 19.4. The Hall–Kier alpha value is -2.74. The molecule has 7 heteroatoms. The molecule has 0 aliphatic heterocycles. The van der Waals surface area contributed by atoms with Crippen LogP contribution in [-0.2, 0) is 12.2 Å². The number of aromatic nitrogens is 2. The monoisotopic (exact) mass is 463 g/mol. The largest absolute Gasteiger partial charge is 0.322 e. The maximum absolute atomic E-state index is 12.7. The van der Waals surface area contributed by atoms with E-state index in [2.05, 4.69) is 29.5 Å². The third-order valence-corrected chi connectivity index (χ3v) is 7.19. The van der Waals surface area contributed by atoms with E-state index >= 15 is 0 Å². The molecule has 0 atom stereocenters. The SMILES string of the molecule is CCc1ccccc1NC(=O)c1ccc(-n2nc(SCc3ccccc3)sc2=S)cc1. The van der Waals surface area contributed by atoms with Gasteiger partial charge < -0.3 is 5.32 Å². The normalized spacial score (nSPS) is 10.7. The Morgan fingerprint density at radius 2 is 1.74 bits per heavy atom. The minimum absolute atomic E-state index is 0.131. The van der Waals surface area contributed by atoms with Gasteiger partial charge in [0.15, 0.2) is 8.29 Å². The maximum atomic E-state index is 12.7. The van der Waals surface area contributed by atoms with E-state index in [1.54, 1.807) is 28.6 Å². The van der Waals surface area contributed by atoms with Gasteiger partial charge in [-0.2, -0.15) is 0 Å². The molecular weight excluding hydrogens is 442 g/mol. The summed E-state index contributed by atoms with van der Waals surface area (Å²) in [5.74, 6) is 0.718. The molecule has 3 aromatic carbocycles. The summed E-state index contributed by atoms with van der Waals surface area (Å²) in [5.41, 5.74) is 4.65. The summed E-state index contributed by atoms with van der Waals surface area (Å²) in [6.07, 6.45) is 0.863. The summed E-state index contributed by atoms with van der Waals surface area (Å²) in [7, 11) is 0. The van der Waals surface area contributed by atoms with Crippen LogP contribution in [-0.4, -0.2) is 15.7 Å². The second-order valence-electron chi connectivity index (χ2n) is 6.83. The van der Waals surface area contributed by atoms with Gasteiger partial charge in [-0.15, -0.1) is 5.10 Å². The molecular formula is C24H21N3OS3. The molecule has 0 aliphatic rings. The number of nitrogens with zero attached hydrogens (tertiary/aromatic N) is 2. The predicted molar refractivity (Wildman–Crippen MR) is 132 cm³/mol. The van der Waals surface area contributed by atoms with E-state index in [-0.39, 0.29) is 5.91 Å². The average Bonchev–Trinajstić information content (AvgIpc) is 3.19. The fourth-order valence-electron chi connectivity index (χ4n) is 3.10. The zero-order valence-electron chi connectivity index (χ0n) is 16.9. The van der Waals surface area contributed by atoms with Crippen LogP contribution in [0.3, 0.4) is 0 Å². The minimum Gasteiger partial charge on any atom is -0.322 e. The lowest BCUT2D eigenvalue weighted by molar-refractivity contribution is 0.102. The number of anilines is 1. The molecule has 1 N–H and O–H groups in total. The first-order valence-corrected chi connectivity index (χ1v) is 12.1. The van der Waals surface area contributed by atoms with Crippen LogP contribution < -0.4 is 5.32 Å². The number of benzene rings is 3. The second kappa shape index (κ2) is 10.0. The highest BCUT2D eigenvalue weighted by Gasteiger charge is 2.11. The van der Waals surface area contributed by atoms with Crippen molar-refractivity contribution < 1.29 is 4.79 Å². The van der Waals surface area contributed by atoms with Crippen LogP contribution in [0.25, 0.3) is 5.69 Å². The van der Waals surface area contributed by atoms with E-state index in [0.717, 1.165) is 33.5 Å². The Balaban J connectivity index is 1.46. The topological polar surface area (TPSA) is 46.9 Å². The lowest BCUT2D eigenvalue weighted by atomic mass is 10.1. The number of carbonyl (C=O) groups excluding carboxylic acids is 1. The lowest BCUT2D eigenvalue weighted by Gasteiger charge is -2.10. The molecule has 0 fully saturated rings. The first-order chi connectivity index (χ1) is 15.1. The molecule has 0 spiro atoms. The van der Waals surface area contributed by atoms with Crippen LogP contribution in [0.4, 0.5) is 5.69 Å². The van der Waals surface area contributed by atoms with Crippen LogP contribution in [0.5, 0.6) is 0 Å². The van der Waals surface area contributed by atoms with Crippen LogP contribution in [0.2, 0.25) is 0 Å². The molecule has 1 aromatic heterocycles. The summed E-state index contributed by atoms with van der Waals surface area (Å²) in [4.78, 5) is 12.7. The van der Waals surface area contributed by atoms with Crippen LogP contribution in [0.15, 0.2) is 83.2 Å². The third kappa shape index (κ3) is 5.31. The van der Waals surface area contributed by atoms with Crippen molar-refractivity contribution in [1.29, 1.82) is 0 Å². The summed E-state index contributed by atoms with van der Waals surface area (Å²) >= 11 is 8.68. The highest BCUT2D eigenvalue weighted by atomic mass is 32.2. The van der Waals surface area contributed by atoms with Crippen LogP contribution >= 0.6 is 35.3 Å². The summed E-state index contributed by atoms with van der Waals surface area (Å²) < 4.78 is 3.36. The van der Waals surface area contributed by atoms with Gasteiger partial charge in [0.25, 0.3) is 5.91 Å². The number of rotatable bonds is 7. The van der Waals surface area contributed by atoms with Gasteiger partial charge in [-0.25, -0.2) is 4.68 Å². The van der Waals surface area contributed by atoms with Gasteiger partial charge in [0, 0.05) is 17.0 Å². The molecule has 0 saturated heterocycles. The summed E-state index contributed by atoms with van der Waals surface area (Å²) in [6.45, 7) is 2.07. The molecule has 4 rings (SSSR count). The molecule has 4 aromatic rings. The first-order valence-electron chi connectivity index (χ1n) is 9.90. The fraction of sp³-hybridized carbons (Fsp3) is 0.125. The molecule has 31 heavy (non-hydrogen) atoms. The molecule has 4 nitrogen and oxygen atoms in total. The van der Waals surface area contributed by atoms with E-state index in [1.807, 2.05) is 54.6 Å². The third-order valence-electron chi connectivity index (χ3n) is 4.75. The van der Waals surface area contributed by atoms with Crippen LogP contribution in [0, 0.1) is 3.95 Å². The second-order valence-corrected chi connectivity index (χ2v) is 9.68. The van der Waals surface area contributed by atoms with Gasteiger partial charge in [0.1, 0.15) is 0 Å². The Morgan fingerprint density at radius 3 is 2.48 bits per heavy atom. The van der Waals surface area contributed by atoms with Gasteiger partial charge in [0.05, 0.1) is 5.69 Å². The van der Waals surface area contributed by atoms with E-state index in [1.165, 1.54) is 16.9 Å². The van der Waals surface area contributed by atoms with Crippen molar-refractivity contribution in [2.24, 2.45) is 0 Å². The van der Waals surface area contributed by atoms with Gasteiger partial charge in [-0.05, 0) is 60.1 Å². The number of amides is 1. The standard InChI is InChI=1S/C24H21N3OS3/c1-2-18-10-6-7-11-21(18)25-22(28)19-12-14-20(15-13-19)27-24(29)31-23(26-27)30-16-17-8-4-3-5-9-17/h3-15H,2,16H2,1H3,(H,25,28). The Kier molecular flexibility index (Phi) is 6.96. The number of aryl methyl sites for hydroxylation is 1. The van der Waals surface area contributed by atoms with Gasteiger partial charge >= 0.3 is 0 Å². The number of para-hydroxylation sites is 1. The molecule has 1 heterocycles. The molecule has 0 aliphatic carbocycles. The van der Waals surface area contributed by atoms with Crippen molar-refractivity contribution in [2.75, 3.05) is 5.32 Å². The zero-order chi connectivity index (χ0) is 21.6. The molecule has 0 unspecified atom stereocenters. The quantitative estimate of drug-likeness (QED) is 0.243. The lowest BCUT2D eigenvalue weighted by Crippen LogP contribution is -2.13. The smallest absolute Gasteiger partial charge is 0.255 e. The fourth-order valence-corrected chi connectivity index (χ4v) is 5.42. The van der Waals surface area contributed by atoms with Crippen molar-refractivity contribution in [1.82, 2.24) is 9.78 Å². The Bertz CT molecular complexity index is 1230. The molecule has 0 radical (unpaired) electrons. The van der Waals surface area contributed by atoms with Crippen molar-refractivity contribution in [3.05, 3.63) is 99.5 Å². The van der Waals surface area contributed by atoms with E-state index in [4.69, 9.17) is 12.2 Å². The average molecular weight is 464 g/mol. The number of hydrogen-bond donors (Lipinski definition) is 1. The van der Waals surface area contributed by atoms with Gasteiger partial charge in [-0.3, -0.25) is 4.79 Å². The van der Waals surface area contributed by atoms with Crippen molar-refractivity contribution >= 4 is 46.9 Å². The van der Waals surface area contributed by atoms with E-state index in [9.17, 15) is 4.79 Å². The Morgan fingerprint density at radius 1 is 1.03 bits per heavy atom. The maximum Gasteiger partial charge on any atom is 0.255 e. The van der Waals surface area contributed by atoms with Gasteiger partial charge in [0.2, 0.25) is 0 Å². The van der Waals surface area contributed by atoms with Crippen LogP contribution in [0.1, 0.15) is 28.4 Å². The van der Waals surface area contributed by atoms with E-state index < -0.39 is 0 Å². The minimum atomic E-state index is -0.131. The molecule has 0 saturated carbocycles. The highest BCUT2D eigenvalue weighted by molar-refractivity contribution is 8.00. The summed E-state index contributed by atoms with van der Waals surface area (Å²) in [6, 6.07) is 25.5.